The summed E-state index contributed by atoms with van der Waals surface area (Å²) in [6.07, 6.45) is -0.808. The van der Waals surface area contributed by atoms with Gasteiger partial charge in [-0.1, -0.05) is 30.3 Å². The zero-order valence-electron chi connectivity index (χ0n) is 11.6. The second kappa shape index (κ2) is 6.34. The zero-order valence-corrected chi connectivity index (χ0v) is 12.4. The van der Waals surface area contributed by atoms with E-state index in [1.54, 1.807) is 24.3 Å². The minimum Gasteiger partial charge on any atom is -0.459 e. The van der Waals surface area contributed by atoms with Crippen molar-refractivity contribution >= 4 is 16.1 Å². The molecule has 0 saturated carbocycles. The standard InChI is InChI=1S/C13H18O6S/c1-13(2,15)11(19-20(3,16)17)12(14)18-9-10-7-5-4-6-8-10/h4-8,11,15H,9H2,1-3H3/t11-/m0/s1. The van der Waals surface area contributed by atoms with Crippen molar-refractivity contribution in [1.29, 1.82) is 0 Å². The molecule has 0 fully saturated rings. The van der Waals surface area contributed by atoms with Gasteiger partial charge in [0, 0.05) is 0 Å². The Morgan fingerprint density at radius 1 is 1.30 bits per heavy atom. The average Bonchev–Trinajstić information content (AvgIpc) is 2.32. The van der Waals surface area contributed by atoms with Crippen LogP contribution in [0.2, 0.25) is 0 Å². The minimum absolute atomic E-state index is 0.0284. The molecule has 0 radical (unpaired) electrons. The van der Waals surface area contributed by atoms with Gasteiger partial charge < -0.3 is 9.84 Å². The van der Waals surface area contributed by atoms with Crippen LogP contribution in [0, 0.1) is 0 Å². The topological polar surface area (TPSA) is 89.9 Å². The molecule has 0 spiro atoms. The van der Waals surface area contributed by atoms with E-state index in [4.69, 9.17) is 4.74 Å². The number of ether oxygens (including phenoxy) is 1. The Morgan fingerprint density at radius 3 is 2.30 bits per heavy atom. The molecule has 1 N–H and O–H groups in total. The number of aliphatic hydroxyl groups is 1. The molecule has 1 atom stereocenters. The summed E-state index contributed by atoms with van der Waals surface area (Å²) < 4.78 is 31.8. The Balaban J connectivity index is 2.74. The molecule has 0 amide bonds. The smallest absolute Gasteiger partial charge is 0.340 e. The van der Waals surface area contributed by atoms with E-state index in [2.05, 4.69) is 4.18 Å². The molecule has 1 aromatic rings. The molecule has 112 valence electrons. The van der Waals surface area contributed by atoms with Crippen LogP contribution in [0.4, 0.5) is 0 Å². The molecule has 0 heterocycles. The lowest BCUT2D eigenvalue weighted by Gasteiger charge is -2.26. The lowest BCUT2D eigenvalue weighted by Crippen LogP contribution is -2.46. The maximum absolute atomic E-state index is 11.9. The second-order valence-corrected chi connectivity index (χ2v) is 6.53. The second-order valence-electron chi connectivity index (χ2n) is 4.93. The van der Waals surface area contributed by atoms with Crippen molar-refractivity contribution in [3.63, 3.8) is 0 Å². The minimum atomic E-state index is -3.90. The van der Waals surface area contributed by atoms with E-state index in [1.165, 1.54) is 13.8 Å². The first-order valence-corrected chi connectivity index (χ1v) is 7.72. The van der Waals surface area contributed by atoms with Gasteiger partial charge in [0.1, 0.15) is 6.61 Å². The van der Waals surface area contributed by atoms with Crippen LogP contribution in [0.1, 0.15) is 19.4 Å². The first kappa shape index (κ1) is 16.6. The fourth-order valence-corrected chi connectivity index (χ4v) is 2.09. The van der Waals surface area contributed by atoms with Crippen molar-refractivity contribution in [2.24, 2.45) is 0 Å². The van der Waals surface area contributed by atoms with E-state index in [-0.39, 0.29) is 6.61 Å². The predicted molar refractivity (Wildman–Crippen MR) is 72.3 cm³/mol. The highest BCUT2D eigenvalue weighted by atomic mass is 32.2. The third-order valence-electron chi connectivity index (χ3n) is 2.35. The first-order chi connectivity index (χ1) is 9.09. The molecular formula is C13H18O6S. The van der Waals surface area contributed by atoms with Gasteiger partial charge in [-0.3, -0.25) is 4.18 Å². The molecule has 20 heavy (non-hydrogen) atoms. The summed E-state index contributed by atoms with van der Waals surface area (Å²) in [7, 11) is -3.90. The number of carbonyl (C=O) groups excluding carboxylic acids is 1. The van der Waals surface area contributed by atoms with Gasteiger partial charge in [-0.05, 0) is 19.4 Å². The van der Waals surface area contributed by atoms with Crippen molar-refractivity contribution in [1.82, 2.24) is 0 Å². The van der Waals surface area contributed by atoms with Crippen molar-refractivity contribution < 1.29 is 27.2 Å². The number of rotatable bonds is 6. The quantitative estimate of drug-likeness (QED) is 0.619. The number of esters is 1. The molecule has 0 aliphatic rings. The molecule has 0 saturated heterocycles. The molecule has 0 bridgehead atoms. The van der Waals surface area contributed by atoms with Crippen LogP contribution < -0.4 is 0 Å². The summed E-state index contributed by atoms with van der Waals surface area (Å²) in [5.41, 5.74) is -0.939. The Hall–Kier alpha value is -1.44. The van der Waals surface area contributed by atoms with Crippen LogP contribution in [0.15, 0.2) is 30.3 Å². The summed E-state index contributed by atoms with van der Waals surface area (Å²) in [5.74, 6) is -0.938. The summed E-state index contributed by atoms with van der Waals surface area (Å²) >= 11 is 0. The van der Waals surface area contributed by atoms with E-state index in [0.717, 1.165) is 11.8 Å². The predicted octanol–water partition coefficient (Wildman–Crippen LogP) is 0.845. The summed E-state index contributed by atoms with van der Waals surface area (Å²) in [5, 5.41) is 9.82. The van der Waals surface area contributed by atoms with E-state index >= 15 is 0 Å². The highest BCUT2D eigenvalue weighted by Gasteiger charge is 2.38. The molecule has 6 nitrogen and oxygen atoms in total. The molecule has 0 aliphatic heterocycles. The maximum atomic E-state index is 11.9. The Morgan fingerprint density at radius 2 is 1.85 bits per heavy atom. The highest BCUT2D eigenvalue weighted by Crippen LogP contribution is 2.17. The van der Waals surface area contributed by atoms with Crippen LogP contribution in [0.25, 0.3) is 0 Å². The van der Waals surface area contributed by atoms with Crippen LogP contribution in [0.5, 0.6) is 0 Å². The number of hydrogen-bond donors (Lipinski definition) is 1. The normalized spacial score (nSPS) is 13.8. The molecule has 1 aromatic carbocycles. The van der Waals surface area contributed by atoms with Crippen molar-refractivity contribution in [2.45, 2.75) is 32.2 Å². The molecule has 0 aliphatic carbocycles. The van der Waals surface area contributed by atoms with Crippen molar-refractivity contribution in [3.8, 4) is 0 Å². The van der Waals surface area contributed by atoms with E-state index in [1.807, 2.05) is 6.07 Å². The third kappa shape index (κ3) is 5.68. The summed E-state index contributed by atoms with van der Waals surface area (Å²) in [6.45, 7) is 2.51. The van der Waals surface area contributed by atoms with Crippen LogP contribution in [0.3, 0.4) is 0 Å². The number of benzene rings is 1. The van der Waals surface area contributed by atoms with Gasteiger partial charge in [0.05, 0.1) is 11.9 Å². The molecule has 7 heteroatoms. The lowest BCUT2D eigenvalue weighted by molar-refractivity contribution is -0.164. The largest absolute Gasteiger partial charge is 0.459 e. The van der Waals surface area contributed by atoms with Gasteiger partial charge in [-0.15, -0.1) is 0 Å². The Kier molecular flexibility index (Phi) is 5.27. The van der Waals surface area contributed by atoms with Gasteiger partial charge in [-0.25, -0.2) is 4.79 Å². The first-order valence-electron chi connectivity index (χ1n) is 5.91. The lowest BCUT2D eigenvalue weighted by atomic mass is 10.0. The fraction of sp³-hybridized carbons (Fsp3) is 0.462. The summed E-state index contributed by atoms with van der Waals surface area (Å²) in [4.78, 5) is 11.9. The summed E-state index contributed by atoms with van der Waals surface area (Å²) in [6, 6.07) is 8.89. The zero-order chi connectivity index (χ0) is 15.4. The molecule has 1 rings (SSSR count). The Labute approximate surface area is 118 Å². The highest BCUT2D eigenvalue weighted by molar-refractivity contribution is 7.86. The average molecular weight is 302 g/mol. The van der Waals surface area contributed by atoms with E-state index in [0.29, 0.717) is 0 Å². The monoisotopic (exact) mass is 302 g/mol. The Bertz CT molecular complexity index is 544. The molecular weight excluding hydrogens is 284 g/mol. The van der Waals surface area contributed by atoms with Crippen LogP contribution in [-0.2, 0) is 30.4 Å². The molecule has 0 unspecified atom stereocenters. The van der Waals surface area contributed by atoms with Gasteiger partial charge in [-0.2, -0.15) is 8.42 Å². The van der Waals surface area contributed by atoms with E-state index < -0.39 is 27.8 Å². The number of carbonyl (C=O) groups is 1. The van der Waals surface area contributed by atoms with Crippen molar-refractivity contribution in [3.05, 3.63) is 35.9 Å². The van der Waals surface area contributed by atoms with Crippen molar-refractivity contribution in [2.75, 3.05) is 6.26 Å². The SMILES string of the molecule is CC(C)(O)[C@@H](OS(C)(=O)=O)C(=O)OCc1ccccc1. The third-order valence-corrected chi connectivity index (χ3v) is 2.89. The van der Waals surface area contributed by atoms with Crippen LogP contribution >= 0.6 is 0 Å². The van der Waals surface area contributed by atoms with Gasteiger partial charge in [0.25, 0.3) is 10.1 Å². The van der Waals surface area contributed by atoms with Gasteiger partial charge in [0.15, 0.2) is 0 Å². The van der Waals surface area contributed by atoms with Gasteiger partial charge in [0.2, 0.25) is 6.10 Å². The fourth-order valence-electron chi connectivity index (χ4n) is 1.42. The number of hydrogen-bond acceptors (Lipinski definition) is 6. The van der Waals surface area contributed by atoms with Gasteiger partial charge >= 0.3 is 5.97 Å². The molecule has 0 aromatic heterocycles. The maximum Gasteiger partial charge on any atom is 0.340 e. The van der Waals surface area contributed by atoms with E-state index in [9.17, 15) is 18.3 Å². The van der Waals surface area contributed by atoms with Crippen LogP contribution in [-0.4, -0.2) is 37.5 Å².